The van der Waals surface area contributed by atoms with E-state index in [2.05, 4.69) is 43.3 Å². The zero-order chi connectivity index (χ0) is 29.3. The third kappa shape index (κ3) is 7.59. The Morgan fingerprint density at radius 1 is 1.15 bits per heavy atom. The molecule has 6 heteroatoms. The molecule has 0 radical (unpaired) electrons. The van der Waals surface area contributed by atoms with Gasteiger partial charge in [-0.25, -0.2) is 4.98 Å². The molecule has 0 spiro atoms. The summed E-state index contributed by atoms with van der Waals surface area (Å²) < 4.78 is 7.56. The van der Waals surface area contributed by atoms with Crippen LogP contribution in [0.4, 0.5) is 0 Å². The Hall–Kier alpha value is -3.01. The summed E-state index contributed by atoms with van der Waals surface area (Å²) in [6.07, 6.45) is 11.5. The summed E-state index contributed by atoms with van der Waals surface area (Å²) in [5.74, 6) is 0.611. The number of rotatable bonds is 8. The highest BCUT2D eigenvalue weighted by Gasteiger charge is 2.38. The van der Waals surface area contributed by atoms with Crippen LogP contribution >= 0.6 is 0 Å². The van der Waals surface area contributed by atoms with Crippen molar-refractivity contribution in [2.45, 2.75) is 117 Å². The smallest absolute Gasteiger partial charge is 0.257 e. The molecule has 6 nitrogen and oxygen atoms in total. The van der Waals surface area contributed by atoms with Crippen molar-refractivity contribution < 1.29 is 9.84 Å². The van der Waals surface area contributed by atoms with Crippen molar-refractivity contribution in [2.24, 2.45) is 5.92 Å². The molecular formula is C34H47N3O3. The Kier molecular flexibility index (Phi) is 11.5. The summed E-state index contributed by atoms with van der Waals surface area (Å²) >= 11 is 0. The van der Waals surface area contributed by atoms with Crippen LogP contribution in [0.3, 0.4) is 0 Å². The van der Waals surface area contributed by atoms with Gasteiger partial charge in [-0.1, -0.05) is 76.6 Å². The molecule has 2 aromatic rings. The zero-order valence-corrected chi connectivity index (χ0v) is 25.2. The van der Waals surface area contributed by atoms with E-state index in [-0.39, 0.29) is 30.2 Å². The van der Waals surface area contributed by atoms with Crippen LogP contribution in [0.1, 0.15) is 102 Å². The van der Waals surface area contributed by atoms with E-state index in [0.717, 1.165) is 53.9 Å². The van der Waals surface area contributed by atoms with E-state index in [0.29, 0.717) is 31.2 Å². The molecule has 2 heterocycles. The molecule has 216 valence electrons. The van der Waals surface area contributed by atoms with Gasteiger partial charge in [0.15, 0.2) is 0 Å². The Morgan fingerprint density at radius 3 is 2.42 bits per heavy atom. The summed E-state index contributed by atoms with van der Waals surface area (Å²) in [4.78, 5) is 19.0. The van der Waals surface area contributed by atoms with Crippen LogP contribution in [0.5, 0.6) is 0 Å². The molecule has 1 aliphatic heterocycles. The van der Waals surface area contributed by atoms with E-state index < -0.39 is 5.60 Å². The Bertz CT molecular complexity index is 1270. The fourth-order valence-corrected chi connectivity index (χ4v) is 6.06. The Balaban J connectivity index is 0.00000216. The summed E-state index contributed by atoms with van der Waals surface area (Å²) in [6, 6.07) is 10.7. The first kappa shape index (κ1) is 31.5. The van der Waals surface area contributed by atoms with Crippen LogP contribution < -0.4 is 5.56 Å². The highest BCUT2D eigenvalue weighted by Crippen LogP contribution is 2.31. The van der Waals surface area contributed by atoms with Gasteiger partial charge in [0, 0.05) is 31.2 Å². The quantitative estimate of drug-likeness (QED) is 0.405. The Morgan fingerprint density at radius 2 is 1.82 bits per heavy atom. The normalized spacial score (nSPS) is 24.4. The van der Waals surface area contributed by atoms with Gasteiger partial charge in [0.1, 0.15) is 5.82 Å². The second kappa shape index (κ2) is 14.6. The third-order valence-electron chi connectivity index (χ3n) is 7.72. The average Bonchev–Trinajstić information content (AvgIpc) is 3.18. The van der Waals surface area contributed by atoms with E-state index in [9.17, 15) is 15.2 Å². The number of aryl methyl sites for hydroxylation is 2. The van der Waals surface area contributed by atoms with Crippen molar-refractivity contribution in [1.29, 1.82) is 5.26 Å². The largest absolute Gasteiger partial charge is 0.388 e. The number of ether oxygens (including phenoxy) is 1. The van der Waals surface area contributed by atoms with Gasteiger partial charge in [0.25, 0.3) is 5.56 Å². The van der Waals surface area contributed by atoms with Gasteiger partial charge >= 0.3 is 0 Å². The van der Waals surface area contributed by atoms with Gasteiger partial charge in [-0.3, -0.25) is 9.36 Å². The zero-order valence-electron chi connectivity index (χ0n) is 25.2. The number of hydrogen-bond acceptors (Lipinski definition) is 5. The molecule has 0 amide bonds. The lowest BCUT2D eigenvalue weighted by Crippen LogP contribution is -2.48. The molecule has 1 aromatic carbocycles. The number of nitrogens with zero attached hydrogens (tertiary/aromatic N) is 3. The van der Waals surface area contributed by atoms with E-state index in [1.807, 2.05) is 46.8 Å². The van der Waals surface area contributed by atoms with Gasteiger partial charge in [-0.2, -0.15) is 5.26 Å². The fraction of sp³-hybridized carbons (Fsp3) is 0.559. The number of allylic oxidation sites excluding steroid dienone is 4. The molecule has 1 aliphatic carbocycles. The fourth-order valence-electron chi connectivity index (χ4n) is 6.06. The highest BCUT2D eigenvalue weighted by atomic mass is 16.5. The minimum absolute atomic E-state index is 0.0502. The van der Waals surface area contributed by atoms with Crippen molar-refractivity contribution in [2.75, 3.05) is 0 Å². The molecule has 1 aromatic heterocycles. The second-order valence-corrected chi connectivity index (χ2v) is 11.0. The van der Waals surface area contributed by atoms with Gasteiger partial charge < -0.3 is 9.84 Å². The number of benzene rings is 1. The molecule has 40 heavy (non-hydrogen) atoms. The molecule has 0 saturated carbocycles. The number of aliphatic hydroxyl groups is 1. The lowest BCUT2D eigenvalue weighted by molar-refractivity contribution is -0.138. The standard InChI is InChI=1S/C32H41N3O3.C2H6/c1-5-10-29-28(17-24-13-15-25(16-14-24)27-12-9-7-8-11-26(27)20-33)31(36)35(30(6-2)34-29)21-32(37)18-22(3)38-23(4)19-32;1-2/h7,9,12-16,22-23,26,37H,5-6,8,10-11,17-19,21H2,1-4H3;1-2H3. The SMILES string of the molecule is CC.CCCc1nc(CC)n(CC2(O)CC(C)OC(C)C2)c(=O)c1Cc1ccc(C2=CC=CCCC2C#N)cc1. The minimum Gasteiger partial charge on any atom is -0.388 e. The van der Waals surface area contributed by atoms with Gasteiger partial charge in [0.05, 0.1) is 42.0 Å². The highest BCUT2D eigenvalue weighted by molar-refractivity contribution is 5.71. The molecule has 1 N–H and O–H groups in total. The summed E-state index contributed by atoms with van der Waals surface area (Å²) in [5, 5.41) is 21.1. The predicted molar refractivity (Wildman–Crippen MR) is 162 cm³/mol. The molecule has 3 atom stereocenters. The van der Waals surface area contributed by atoms with Crippen LogP contribution in [0, 0.1) is 17.2 Å². The number of aromatic nitrogens is 2. The third-order valence-corrected chi connectivity index (χ3v) is 7.72. The van der Waals surface area contributed by atoms with Gasteiger partial charge in [0.2, 0.25) is 0 Å². The summed E-state index contributed by atoms with van der Waals surface area (Å²) in [5.41, 5.74) is 3.63. The summed E-state index contributed by atoms with van der Waals surface area (Å²) in [7, 11) is 0. The van der Waals surface area contributed by atoms with Crippen LogP contribution in [0.15, 0.2) is 47.3 Å². The lowest BCUT2D eigenvalue weighted by Gasteiger charge is -2.39. The topological polar surface area (TPSA) is 88.1 Å². The number of nitriles is 1. The predicted octanol–water partition coefficient (Wildman–Crippen LogP) is 6.57. The molecule has 0 bridgehead atoms. The van der Waals surface area contributed by atoms with E-state index in [4.69, 9.17) is 9.72 Å². The van der Waals surface area contributed by atoms with E-state index in [1.54, 1.807) is 4.57 Å². The summed E-state index contributed by atoms with van der Waals surface area (Å²) in [6.45, 7) is 12.3. The van der Waals surface area contributed by atoms with Crippen LogP contribution in [-0.4, -0.2) is 32.5 Å². The molecule has 2 aliphatic rings. The van der Waals surface area contributed by atoms with Crippen LogP contribution in [-0.2, 0) is 30.5 Å². The molecule has 4 rings (SSSR count). The minimum atomic E-state index is -1.00. The second-order valence-electron chi connectivity index (χ2n) is 11.0. The molecular weight excluding hydrogens is 498 g/mol. The van der Waals surface area contributed by atoms with E-state index in [1.165, 1.54) is 0 Å². The lowest BCUT2D eigenvalue weighted by atomic mass is 9.87. The maximum Gasteiger partial charge on any atom is 0.257 e. The van der Waals surface area contributed by atoms with Gasteiger partial charge in [-0.05, 0) is 49.8 Å². The molecule has 1 fully saturated rings. The van der Waals surface area contributed by atoms with Crippen molar-refractivity contribution in [1.82, 2.24) is 9.55 Å². The average molecular weight is 546 g/mol. The van der Waals surface area contributed by atoms with Crippen molar-refractivity contribution in [3.63, 3.8) is 0 Å². The number of hydrogen-bond donors (Lipinski definition) is 1. The maximum atomic E-state index is 14.0. The van der Waals surface area contributed by atoms with Crippen LogP contribution in [0.25, 0.3) is 5.57 Å². The first-order valence-corrected chi connectivity index (χ1v) is 15.1. The van der Waals surface area contributed by atoms with Crippen molar-refractivity contribution >= 4 is 5.57 Å². The first-order valence-electron chi connectivity index (χ1n) is 15.1. The van der Waals surface area contributed by atoms with Gasteiger partial charge in [-0.15, -0.1) is 0 Å². The van der Waals surface area contributed by atoms with E-state index >= 15 is 0 Å². The molecule has 3 unspecified atom stereocenters. The van der Waals surface area contributed by atoms with Crippen molar-refractivity contribution in [3.05, 3.63) is 81.1 Å². The molecule has 1 saturated heterocycles. The first-order chi connectivity index (χ1) is 19.3. The Labute approximate surface area is 240 Å². The van der Waals surface area contributed by atoms with Crippen LogP contribution in [0.2, 0.25) is 0 Å². The van der Waals surface area contributed by atoms with Crippen molar-refractivity contribution in [3.8, 4) is 6.07 Å². The monoisotopic (exact) mass is 545 g/mol. The maximum absolute atomic E-state index is 14.0.